The summed E-state index contributed by atoms with van der Waals surface area (Å²) in [5.41, 5.74) is 4.04. The number of anilines is 3. The van der Waals surface area contributed by atoms with Gasteiger partial charge in [0.15, 0.2) is 17.2 Å². The number of aryl methyl sites for hydroxylation is 2. The molecule has 4 aromatic heterocycles. The molecule has 1 aliphatic heterocycles. The lowest BCUT2D eigenvalue weighted by Gasteiger charge is -2.35. The molecule has 4 aromatic carbocycles. The Balaban J connectivity index is 0.737. The van der Waals surface area contributed by atoms with Gasteiger partial charge in [-0.15, -0.1) is 0 Å². The minimum absolute atomic E-state index is 0.0368. The second-order valence-corrected chi connectivity index (χ2v) is 19.6. The lowest BCUT2D eigenvalue weighted by atomic mass is 10.1. The van der Waals surface area contributed by atoms with Crippen molar-refractivity contribution in [1.29, 1.82) is 0 Å². The summed E-state index contributed by atoms with van der Waals surface area (Å²) in [7, 11) is -1.16. The molecule has 1 aliphatic carbocycles. The van der Waals surface area contributed by atoms with Gasteiger partial charge in [-0.05, 0) is 73.9 Å². The van der Waals surface area contributed by atoms with Crippen LogP contribution in [0.5, 0.6) is 17.2 Å². The van der Waals surface area contributed by atoms with Crippen LogP contribution in [0.2, 0.25) is 0 Å². The first kappa shape index (κ1) is 48.1. The first-order valence-corrected chi connectivity index (χ1v) is 25.2. The smallest absolute Gasteiger partial charge is 0.328 e. The summed E-state index contributed by atoms with van der Waals surface area (Å²) in [6.07, 6.45) is 9.92. The van der Waals surface area contributed by atoms with Crippen molar-refractivity contribution in [3.63, 3.8) is 0 Å². The van der Waals surface area contributed by atoms with E-state index >= 15 is 4.39 Å². The van der Waals surface area contributed by atoms with Gasteiger partial charge in [0, 0.05) is 100 Å². The molecule has 0 unspecified atom stereocenters. The van der Waals surface area contributed by atoms with Crippen LogP contribution in [0, 0.1) is 5.82 Å². The molecule has 2 aliphatic rings. The third-order valence-electron chi connectivity index (χ3n) is 12.8. The van der Waals surface area contributed by atoms with E-state index < -0.39 is 21.7 Å². The van der Waals surface area contributed by atoms with E-state index in [-0.39, 0.29) is 89.8 Å². The Hall–Kier alpha value is -8.53. The zero-order valence-electron chi connectivity index (χ0n) is 40.1. The maximum atomic E-state index is 15.7. The lowest BCUT2D eigenvalue weighted by molar-refractivity contribution is -0.132. The normalized spacial score (nSPS) is 13.9. The van der Waals surface area contributed by atoms with E-state index in [2.05, 4.69) is 30.5 Å². The number of halogens is 1. The Morgan fingerprint density at radius 1 is 0.863 bits per heavy atom. The number of hydrogen-bond donors (Lipinski definition) is 4. The number of nitrogens with zero attached hydrogens (tertiary/aromatic N) is 8. The van der Waals surface area contributed by atoms with Crippen molar-refractivity contribution in [3.8, 4) is 28.5 Å². The van der Waals surface area contributed by atoms with Crippen LogP contribution in [-0.4, -0.2) is 109 Å². The Morgan fingerprint density at radius 3 is 2.36 bits per heavy atom. The van der Waals surface area contributed by atoms with E-state index in [0.717, 1.165) is 36.2 Å². The molecule has 20 nitrogen and oxygen atoms in total. The number of nitrogens with one attached hydrogen (secondary N) is 4. The number of rotatable bonds is 17. The van der Waals surface area contributed by atoms with Gasteiger partial charge >= 0.3 is 5.69 Å². The molecule has 0 bridgehead atoms. The van der Waals surface area contributed by atoms with Crippen molar-refractivity contribution in [2.75, 3.05) is 49.4 Å². The van der Waals surface area contributed by atoms with Crippen LogP contribution < -0.4 is 30.5 Å². The highest BCUT2D eigenvalue weighted by Gasteiger charge is 2.29. The van der Waals surface area contributed by atoms with Crippen LogP contribution >= 0.6 is 0 Å². The van der Waals surface area contributed by atoms with E-state index in [0.29, 0.717) is 46.5 Å². The lowest BCUT2D eigenvalue weighted by Crippen LogP contribution is -2.51. The third-order valence-corrected chi connectivity index (χ3v) is 14.2. The molecule has 4 N–H and O–H groups in total. The fourth-order valence-electron chi connectivity index (χ4n) is 8.71. The van der Waals surface area contributed by atoms with Gasteiger partial charge in [-0.25, -0.2) is 27.6 Å². The third kappa shape index (κ3) is 10.1. The first-order valence-electron chi connectivity index (χ1n) is 23.8. The molecule has 10 rings (SSSR count). The van der Waals surface area contributed by atoms with Crippen molar-refractivity contribution in [2.45, 2.75) is 43.4 Å². The molecular formula is C51H51FN12O8S. The zero-order valence-corrected chi connectivity index (χ0v) is 40.9. The van der Waals surface area contributed by atoms with Crippen molar-refractivity contribution in [1.82, 2.24) is 48.8 Å². The summed E-state index contributed by atoms with van der Waals surface area (Å²) in [5.74, 6) is -0.113. The number of piperazine rings is 1. The highest BCUT2D eigenvalue weighted by atomic mass is 32.2. The summed E-state index contributed by atoms with van der Waals surface area (Å²) < 4.78 is 62.9. The number of fused-ring (bicyclic) bond motifs is 2. The summed E-state index contributed by atoms with van der Waals surface area (Å²) in [6, 6.07) is 19.7. The fraction of sp³-hybridized carbons (Fsp3) is 0.275. The zero-order chi connectivity index (χ0) is 51.0. The Kier molecular flexibility index (Phi) is 13.1. The van der Waals surface area contributed by atoms with E-state index in [4.69, 9.17) is 14.5 Å². The number of imidazole rings is 2. The number of carbonyl (C=O) groups excluding carboxylic acids is 3. The molecule has 1 saturated carbocycles. The molecule has 0 spiro atoms. The number of H-pyrrole nitrogens is 1. The van der Waals surface area contributed by atoms with E-state index in [1.54, 1.807) is 78.9 Å². The number of amides is 3. The second-order valence-electron chi connectivity index (χ2n) is 17.9. The SMILES string of the molecule is CCCOc1cccc(Oc2cc3c(cc2NS(=O)(=O)c2cccc(C(=O)NCCC(=O)N4CCN(C(=O)c5ccc(Nc6nc(C7CC7)cn7c(-c8cn[nH]c8)cnc67)c(F)c5)CC4)c2)n(C)c(=O)n3C)c1. The molecule has 3 amide bonds. The average Bonchev–Trinajstić information content (AvgIpc) is 3.86. The Labute approximate surface area is 417 Å². The fourth-order valence-corrected chi connectivity index (χ4v) is 9.81. The van der Waals surface area contributed by atoms with Gasteiger partial charge < -0.3 is 29.9 Å². The summed E-state index contributed by atoms with van der Waals surface area (Å²) in [6.45, 7) is 3.35. The van der Waals surface area contributed by atoms with Crippen LogP contribution in [0.3, 0.4) is 0 Å². The molecular weight excluding hydrogens is 960 g/mol. The molecule has 0 atom stereocenters. The number of benzene rings is 4. The number of ether oxygens (including phenoxy) is 2. The largest absolute Gasteiger partial charge is 0.493 e. The van der Waals surface area contributed by atoms with Crippen LogP contribution in [0.15, 0.2) is 113 Å². The topological polar surface area (TPSA) is 232 Å². The van der Waals surface area contributed by atoms with Crippen LogP contribution in [0.4, 0.5) is 21.6 Å². The highest BCUT2D eigenvalue weighted by Crippen LogP contribution is 2.41. The van der Waals surface area contributed by atoms with E-state index in [1.807, 2.05) is 17.5 Å². The van der Waals surface area contributed by atoms with Gasteiger partial charge in [0.25, 0.3) is 21.8 Å². The Bertz CT molecular complexity index is 3600. The van der Waals surface area contributed by atoms with Crippen molar-refractivity contribution in [2.24, 2.45) is 14.1 Å². The molecule has 1 saturated heterocycles. The van der Waals surface area contributed by atoms with Crippen LogP contribution in [0.25, 0.3) is 27.9 Å². The van der Waals surface area contributed by atoms with Gasteiger partial charge in [0.1, 0.15) is 17.3 Å². The molecule has 22 heteroatoms. The van der Waals surface area contributed by atoms with Crippen LogP contribution in [-0.2, 0) is 28.9 Å². The Morgan fingerprint density at radius 2 is 1.62 bits per heavy atom. The number of hydrogen-bond acceptors (Lipinski definition) is 12. The van der Waals surface area contributed by atoms with Gasteiger partial charge in [0.2, 0.25) is 5.91 Å². The van der Waals surface area contributed by atoms with Gasteiger partial charge in [-0.3, -0.25) is 37.7 Å². The highest BCUT2D eigenvalue weighted by molar-refractivity contribution is 7.92. The molecule has 8 aromatic rings. The molecule has 73 heavy (non-hydrogen) atoms. The molecule has 5 heterocycles. The van der Waals surface area contributed by atoms with Crippen molar-refractivity contribution < 1.29 is 36.7 Å². The van der Waals surface area contributed by atoms with Gasteiger partial charge in [-0.1, -0.05) is 19.1 Å². The van der Waals surface area contributed by atoms with Gasteiger partial charge in [0.05, 0.1) is 57.7 Å². The van der Waals surface area contributed by atoms with E-state index in [9.17, 15) is 27.6 Å². The summed E-state index contributed by atoms with van der Waals surface area (Å²) in [5, 5.41) is 12.7. The predicted molar refractivity (Wildman–Crippen MR) is 269 cm³/mol. The molecule has 0 radical (unpaired) electrons. The maximum Gasteiger partial charge on any atom is 0.328 e. The van der Waals surface area contributed by atoms with Crippen molar-refractivity contribution >= 4 is 61.6 Å². The predicted octanol–water partition coefficient (Wildman–Crippen LogP) is 6.56. The molecule has 376 valence electrons. The number of carbonyl (C=O) groups is 3. The average molecular weight is 1010 g/mol. The monoisotopic (exact) mass is 1010 g/mol. The number of sulfonamides is 1. The summed E-state index contributed by atoms with van der Waals surface area (Å²) >= 11 is 0. The van der Waals surface area contributed by atoms with Crippen LogP contribution in [0.1, 0.15) is 64.9 Å². The second kappa shape index (κ2) is 19.9. The summed E-state index contributed by atoms with van der Waals surface area (Å²) in [4.78, 5) is 65.3. The first-order chi connectivity index (χ1) is 35.2. The quantitative estimate of drug-likeness (QED) is 0.0760. The maximum absolute atomic E-state index is 15.7. The minimum Gasteiger partial charge on any atom is -0.493 e. The standard InChI is InChI=1S/C51H51FN12O8S/c1-4-21-71-35-8-6-9-36(24-35)72-45-26-43-42(60(2)51(68)61(43)3)25-40(45)59-73(69,70)37-10-5-7-32(22-37)49(66)53-16-15-46(65)62-17-19-63(20-18-62)50(67)33-13-14-39(38(52)23-33)57-47-48-54-29-44(34-27-55-56-28-34)64(48)30-41(58-47)31-11-12-31/h5-10,13-14,22-31,59H,4,11-12,15-21H2,1-3H3,(H,53,66)(H,55,56)(H,57,58). The number of aromatic amines is 1. The van der Waals surface area contributed by atoms with Crippen molar-refractivity contribution in [3.05, 3.63) is 137 Å². The number of aromatic nitrogens is 7. The molecule has 2 fully saturated rings. The van der Waals surface area contributed by atoms with Gasteiger partial charge in [-0.2, -0.15) is 5.10 Å². The minimum atomic E-state index is -4.34. The van der Waals surface area contributed by atoms with E-state index in [1.165, 1.54) is 51.6 Å².